The lowest BCUT2D eigenvalue weighted by atomic mass is 10.1. The van der Waals surface area contributed by atoms with Crippen molar-refractivity contribution in [2.24, 2.45) is 0 Å². The van der Waals surface area contributed by atoms with Crippen molar-refractivity contribution >= 4 is 11.9 Å². The normalized spacial score (nSPS) is 34.2. The molecule has 0 aliphatic carbocycles. The first-order chi connectivity index (χ1) is 7.82. The summed E-state index contributed by atoms with van der Waals surface area (Å²) in [6, 6.07) is 0. The lowest BCUT2D eigenvalue weighted by molar-refractivity contribution is -0.194. The summed E-state index contributed by atoms with van der Waals surface area (Å²) in [7, 11) is 0. The number of carbonyl (C=O) groups is 2. The number of aliphatic hydroxyl groups excluding tert-OH is 2. The topological polar surface area (TPSA) is 102 Å². The van der Waals surface area contributed by atoms with E-state index in [9.17, 15) is 19.8 Å². The van der Waals surface area contributed by atoms with Gasteiger partial charge in [0.05, 0.1) is 0 Å². The van der Waals surface area contributed by atoms with Crippen LogP contribution in [0.15, 0.2) is 0 Å². The van der Waals surface area contributed by atoms with Gasteiger partial charge in [-0.15, -0.1) is 0 Å². The van der Waals surface area contributed by atoms with Gasteiger partial charge in [-0.25, -0.2) is 0 Å². The predicted molar refractivity (Wildman–Crippen MR) is 53.7 cm³/mol. The highest BCUT2D eigenvalue weighted by molar-refractivity contribution is 5.66. The van der Waals surface area contributed by atoms with Gasteiger partial charge in [0.1, 0.15) is 24.4 Å². The zero-order valence-electron chi connectivity index (χ0n) is 9.82. The molecule has 0 aromatic rings. The van der Waals surface area contributed by atoms with E-state index in [4.69, 9.17) is 9.47 Å². The first-order valence-corrected chi connectivity index (χ1v) is 5.19. The lowest BCUT2D eigenvalue weighted by Gasteiger charge is -2.21. The maximum absolute atomic E-state index is 10.8. The molecule has 1 fully saturated rings. The van der Waals surface area contributed by atoms with Gasteiger partial charge in [-0.3, -0.25) is 9.59 Å². The molecular weight excluding hydrogens is 232 g/mol. The van der Waals surface area contributed by atoms with E-state index < -0.39 is 42.6 Å². The first kappa shape index (κ1) is 13.9. The van der Waals surface area contributed by atoms with Crippen molar-refractivity contribution in [1.29, 1.82) is 0 Å². The quantitative estimate of drug-likeness (QED) is 0.614. The number of carbonyl (C=O) groups excluding carboxylic acids is 2. The molecule has 1 saturated heterocycles. The van der Waals surface area contributed by atoms with Gasteiger partial charge in [0.25, 0.3) is 0 Å². The lowest BCUT2D eigenvalue weighted by Crippen LogP contribution is -2.39. The average Bonchev–Trinajstić information content (AvgIpc) is 2.44. The molecule has 0 aromatic heterocycles. The van der Waals surface area contributed by atoms with Gasteiger partial charge in [0, 0.05) is 13.8 Å². The van der Waals surface area contributed by atoms with E-state index in [1.165, 1.54) is 13.8 Å². The minimum Gasteiger partial charge on any atom is -0.460 e. The minimum atomic E-state index is -1.36. The molecule has 0 bridgehead atoms. The van der Waals surface area contributed by atoms with E-state index in [2.05, 4.69) is 4.74 Å². The van der Waals surface area contributed by atoms with E-state index in [1.54, 1.807) is 0 Å². The van der Waals surface area contributed by atoms with E-state index in [1.807, 2.05) is 0 Å². The van der Waals surface area contributed by atoms with Crippen LogP contribution in [0.2, 0.25) is 0 Å². The molecule has 0 aromatic carbocycles. The van der Waals surface area contributed by atoms with Crippen LogP contribution in [-0.2, 0) is 23.8 Å². The van der Waals surface area contributed by atoms with Gasteiger partial charge in [-0.1, -0.05) is 0 Å². The monoisotopic (exact) mass is 248 g/mol. The Morgan fingerprint density at radius 3 is 2.24 bits per heavy atom. The summed E-state index contributed by atoms with van der Waals surface area (Å²) in [5.41, 5.74) is 0. The van der Waals surface area contributed by atoms with E-state index >= 15 is 0 Å². The van der Waals surface area contributed by atoms with Gasteiger partial charge in [-0.2, -0.15) is 0 Å². The molecule has 17 heavy (non-hydrogen) atoms. The number of aliphatic hydroxyl groups is 2. The summed E-state index contributed by atoms with van der Waals surface area (Å²) in [4.78, 5) is 21.5. The van der Waals surface area contributed by atoms with Crippen LogP contribution < -0.4 is 0 Å². The minimum absolute atomic E-state index is 0.529. The molecule has 0 amide bonds. The van der Waals surface area contributed by atoms with Crippen molar-refractivity contribution in [2.45, 2.75) is 51.5 Å². The summed E-state index contributed by atoms with van der Waals surface area (Å²) in [6.07, 6.45) is -5.57. The van der Waals surface area contributed by atoms with Crippen molar-refractivity contribution in [1.82, 2.24) is 0 Å². The number of esters is 2. The number of hydrogen-bond donors (Lipinski definition) is 2. The van der Waals surface area contributed by atoms with Crippen molar-refractivity contribution in [2.75, 3.05) is 0 Å². The summed E-state index contributed by atoms with van der Waals surface area (Å²) in [5, 5.41) is 19.2. The van der Waals surface area contributed by atoms with Crippen LogP contribution in [0.3, 0.4) is 0 Å². The molecule has 1 unspecified atom stereocenters. The number of rotatable bonds is 3. The molecule has 2 N–H and O–H groups in total. The fourth-order valence-corrected chi connectivity index (χ4v) is 1.65. The van der Waals surface area contributed by atoms with Crippen molar-refractivity contribution in [3.8, 4) is 0 Å². The van der Waals surface area contributed by atoms with Gasteiger partial charge in [0.15, 0.2) is 0 Å². The molecule has 1 aliphatic rings. The summed E-state index contributed by atoms with van der Waals surface area (Å²) >= 11 is 0. The van der Waals surface area contributed by atoms with Crippen molar-refractivity contribution in [3.63, 3.8) is 0 Å². The Balaban J connectivity index is 2.64. The van der Waals surface area contributed by atoms with Crippen LogP contribution in [0.4, 0.5) is 0 Å². The Labute approximate surface area is 98.3 Å². The second kappa shape index (κ2) is 5.44. The standard InChI is InChI=1S/C10H16O7/c1-4(15-5(2)11)9-7(13)8(14)10(17-9)16-6(3)12/h4,7-10,13-14H,1-3H3/t4-,7-,8+,9-,10?/m0/s1. The maximum atomic E-state index is 10.8. The summed E-state index contributed by atoms with van der Waals surface area (Å²) in [6.45, 7) is 3.89. The van der Waals surface area contributed by atoms with Gasteiger partial charge in [-0.05, 0) is 6.92 Å². The Morgan fingerprint density at radius 1 is 1.18 bits per heavy atom. The van der Waals surface area contributed by atoms with Gasteiger partial charge >= 0.3 is 11.9 Å². The second-order valence-corrected chi connectivity index (χ2v) is 3.87. The van der Waals surface area contributed by atoms with Crippen LogP contribution >= 0.6 is 0 Å². The van der Waals surface area contributed by atoms with Gasteiger partial charge in [0.2, 0.25) is 6.29 Å². The molecule has 0 saturated carbocycles. The van der Waals surface area contributed by atoms with Crippen LogP contribution in [0.1, 0.15) is 20.8 Å². The number of hydrogen-bond acceptors (Lipinski definition) is 7. The molecule has 0 spiro atoms. The molecule has 1 heterocycles. The second-order valence-electron chi connectivity index (χ2n) is 3.87. The zero-order valence-corrected chi connectivity index (χ0v) is 9.82. The molecule has 1 rings (SSSR count). The Kier molecular flexibility index (Phi) is 4.44. The van der Waals surface area contributed by atoms with Crippen LogP contribution in [-0.4, -0.2) is 52.9 Å². The van der Waals surface area contributed by atoms with E-state index in [-0.39, 0.29) is 0 Å². The highest BCUT2D eigenvalue weighted by atomic mass is 16.7. The van der Waals surface area contributed by atoms with Crippen LogP contribution in [0, 0.1) is 0 Å². The molecule has 7 heteroatoms. The maximum Gasteiger partial charge on any atom is 0.305 e. The third-order valence-electron chi connectivity index (χ3n) is 2.35. The highest BCUT2D eigenvalue weighted by Crippen LogP contribution is 2.25. The van der Waals surface area contributed by atoms with E-state index in [0.717, 1.165) is 6.92 Å². The molecule has 5 atom stereocenters. The first-order valence-electron chi connectivity index (χ1n) is 5.19. The largest absolute Gasteiger partial charge is 0.460 e. The molecule has 1 aliphatic heterocycles. The van der Waals surface area contributed by atoms with Gasteiger partial charge < -0.3 is 24.4 Å². The zero-order chi connectivity index (χ0) is 13.2. The Hall–Kier alpha value is -1.18. The molecule has 98 valence electrons. The highest BCUT2D eigenvalue weighted by Gasteiger charge is 2.47. The SMILES string of the molecule is CC(=O)OC1O[C@@H]([C@H](C)OC(C)=O)[C@@H](O)[C@H]1O. The smallest absolute Gasteiger partial charge is 0.305 e. The third kappa shape index (κ3) is 3.39. The van der Waals surface area contributed by atoms with Crippen molar-refractivity contribution in [3.05, 3.63) is 0 Å². The predicted octanol–water partition coefficient (Wildman–Crippen LogP) is -1.05. The molecular formula is C10H16O7. The summed E-state index contributed by atoms with van der Waals surface area (Å²) in [5.74, 6) is -1.17. The van der Waals surface area contributed by atoms with Crippen LogP contribution in [0.25, 0.3) is 0 Å². The molecule has 0 radical (unpaired) electrons. The summed E-state index contributed by atoms with van der Waals surface area (Å²) < 4.78 is 14.6. The van der Waals surface area contributed by atoms with Crippen molar-refractivity contribution < 1.29 is 34.0 Å². The Morgan fingerprint density at radius 2 is 1.76 bits per heavy atom. The molecule has 7 nitrogen and oxygen atoms in total. The van der Waals surface area contributed by atoms with E-state index in [0.29, 0.717) is 0 Å². The fourth-order valence-electron chi connectivity index (χ4n) is 1.65. The number of ether oxygens (including phenoxy) is 3. The fraction of sp³-hybridized carbons (Fsp3) is 0.800. The average molecular weight is 248 g/mol. The van der Waals surface area contributed by atoms with Crippen LogP contribution in [0.5, 0.6) is 0 Å². The Bertz CT molecular complexity index is 303. The third-order valence-corrected chi connectivity index (χ3v) is 2.35.